The van der Waals surface area contributed by atoms with Crippen LogP contribution in [0.4, 0.5) is 0 Å². The standard InChI is InChI=1S/C26H45NO3/c1-24(2,3)30-22(29)8-6-7-17-9-10-19-23-20(11-12-25(17,19)4)26(5)13-14-27-16-18(26)15-21(23)28/h17-21,23,27-28H,6-16H2,1-5H3. The van der Waals surface area contributed by atoms with Crippen molar-refractivity contribution in [3.8, 4) is 0 Å². The van der Waals surface area contributed by atoms with E-state index in [0.29, 0.717) is 46.8 Å². The summed E-state index contributed by atoms with van der Waals surface area (Å²) < 4.78 is 5.50. The largest absolute Gasteiger partial charge is 0.460 e. The summed E-state index contributed by atoms with van der Waals surface area (Å²) in [5.41, 5.74) is 0.358. The summed E-state index contributed by atoms with van der Waals surface area (Å²) in [5, 5.41) is 14.9. The molecule has 0 amide bonds. The van der Waals surface area contributed by atoms with Crippen LogP contribution in [-0.2, 0) is 9.53 Å². The highest BCUT2D eigenvalue weighted by atomic mass is 16.6. The molecular formula is C26H45NO3. The number of rotatable bonds is 4. The molecule has 4 heteroatoms. The number of carbonyl (C=O) groups is 1. The maximum Gasteiger partial charge on any atom is 0.306 e. The lowest BCUT2D eigenvalue weighted by molar-refractivity contribution is -0.159. The van der Waals surface area contributed by atoms with Crippen molar-refractivity contribution in [2.24, 2.45) is 40.4 Å². The lowest BCUT2D eigenvalue weighted by atomic mass is 9.45. The van der Waals surface area contributed by atoms with Crippen LogP contribution in [0.5, 0.6) is 0 Å². The molecule has 172 valence electrons. The highest BCUT2D eigenvalue weighted by Crippen LogP contribution is 2.66. The highest BCUT2D eigenvalue weighted by Gasteiger charge is 2.61. The Hall–Kier alpha value is -0.610. The molecule has 0 aromatic rings. The fourth-order valence-corrected chi connectivity index (χ4v) is 8.33. The average Bonchev–Trinajstić information content (AvgIpc) is 2.97. The number of aliphatic hydroxyl groups is 1. The summed E-state index contributed by atoms with van der Waals surface area (Å²) in [5.74, 6) is 3.10. The van der Waals surface area contributed by atoms with Crippen molar-refractivity contribution in [2.75, 3.05) is 13.1 Å². The molecule has 8 unspecified atom stereocenters. The van der Waals surface area contributed by atoms with E-state index in [1.807, 2.05) is 20.8 Å². The van der Waals surface area contributed by atoms with E-state index in [4.69, 9.17) is 4.74 Å². The van der Waals surface area contributed by atoms with E-state index in [0.717, 1.165) is 32.4 Å². The second-order valence-corrected chi connectivity index (χ2v) is 12.5. The Morgan fingerprint density at radius 2 is 1.83 bits per heavy atom. The van der Waals surface area contributed by atoms with Crippen molar-refractivity contribution in [2.45, 2.75) is 104 Å². The van der Waals surface area contributed by atoms with E-state index < -0.39 is 0 Å². The number of hydrogen-bond donors (Lipinski definition) is 2. The van der Waals surface area contributed by atoms with Crippen LogP contribution in [0.2, 0.25) is 0 Å². The predicted molar refractivity (Wildman–Crippen MR) is 120 cm³/mol. The summed E-state index contributed by atoms with van der Waals surface area (Å²) in [4.78, 5) is 12.1. The topological polar surface area (TPSA) is 58.6 Å². The second-order valence-electron chi connectivity index (χ2n) is 12.5. The Morgan fingerprint density at radius 1 is 1.10 bits per heavy atom. The van der Waals surface area contributed by atoms with Crippen molar-refractivity contribution in [3.63, 3.8) is 0 Å². The Bertz CT molecular complexity index is 643. The zero-order chi connectivity index (χ0) is 21.7. The number of nitrogens with one attached hydrogen (secondary N) is 1. The van der Waals surface area contributed by atoms with E-state index in [2.05, 4.69) is 19.2 Å². The van der Waals surface area contributed by atoms with Crippen molar-refractivity contribution >= 4 is 5.97 Å². The third-order valence-electron chi connectivity index (χ3n) is 9.86. The zero-order valence-corrected chi connectivity index (χ0v) is 20.0. The molecule has 4 nitrogen and oxygen atoms in total. The van der Waals surface area contributed by atoms with Gasteiger partial charge in [0.1, 0.15) is 5.60 Å². The fraction of sp³-hybridized carbons (Fsp3) is 0.962. The van der Waals surface area contributed by atoms with Gasteiger partial charge in [-0.15, -0.1) is 0 Å². The molecular weight excluding hydrogens is 374 g/mol. The number of esters is 1. The first kappa shape index (κ1) is 22.6. The molecule has 0 bridgehead atoms. The van der Waals surface area contributed by atoms with Crippen molar-refractivity contribution in [1.82, 2.24) is 5.32 Å². The minimum atomic E-state index is -0.389. The summed E-state index contributed by atoms with van der Waals surface area (Å²) >= 11 is 0. The van der Waals surface area contributed by atoms with Gasteiger partial charge in [-0.05, 0) is 126 Å². The summed E-state index contributed by atoms with van der Waals surface area (Å²) in [6.07, 6.45) is 9.86. The van der Waals surface area contributed by atoms with Crippen LogP contribution in [0.15, 0.2) is 0 Å². The number of carbonyl (C=O) groups excluding carboxylic acids is 1. The van der Waals surface area contributed by atoms with E-state index in [1.54, 1.807) is 0 Å². The summed E-state index contributed by atoms with van der Waals surface area (Å²) in [6.45, 7) is 13.1. The van der Waals surface area contributed by atoms with Gasteiger partial charge in [-0.25, -0.2) is 0 Å². The van der Waals surface area contributed by atoms with Crippen molar-refractivity contribution in [1.29, 1.82) is 0 Å². The van der Waals surface area contributed by atoms with Crippen LogP contribution in [0.25, 0.3) is 0 Å². The molecule has 3 saturated carbocycles. The van der Waals surface area contributed by atoms with Crippen molar-refractivity contribution in [3.05, 3.63) is 0 Å². The first-order valence-corrected chi connectivity index (χ1v) is 12.7. The predicted octanol–water partition coefficient (Wildman–Crippen LogP) is 4.94. The first-order valence-electron chi connectivity index (χ1n) is 12.7. The van der Waals surface area contributed by atoms with Gasteiger partial charge in [-0.2, -0.15) is 0 Å². The monoisotopic (exact) mass is 419 g/mol. The number of aliphatic hydroxyl groups excluding tert-OH is 1. The Balaban J connectivity index is 1.41. The number of hydrogen-bond acceptors (Lipinski definition) is 4. The smallest absolute Gasteiger partial charge is 0.306 e. The second kappa shape index (κ2) is 8.06. The molecule has 2 N–H and O–H groups in total. The Labute approximate surface area is 183 Å². The molecule has 30 heavy (non-hydrogen) atoms. The molecule has 4 rings (SSSR count). The van der Waals surface area contributed by atoms with E-state index in [1.165, 1.54) is 32.1 Å². The summed E-state index contributed by atoms with van der Waals surface area (Å²) in [7, 11) is 0. The molecule has 1 heterocycles. The zero-order valence-electron chi connectivity index (χ0n) is 20.0. The van der Waals surface area contributed by atoms with Gasteiger partial charge < -0.3 is 15.2 Å². The fourth-order valence-electron chi connectivity index (χ4n) is 8.33. The first-order chi connectivity index (χ1) is 14.0. The minimum Gasteiger partial charge on any atom is -0.460 e. The van der Waals surface area contributed by atoms with E-state index in [9.17, 15) is 9.90 Å². The molecule has 0 aromatic carbocycles. The van der Waals surface area contributed by atoms with Gasteiger partial charge in [-0.3, -0.25) is 4.79 Å². The van der Waals surface area contributed by atoms with Crippen LogP contribution in [-0.4, -0.2) is 35.9 Å². The Morgan fingerprint density at radius 3 is 2.57 bits per heavy atom. The van der Waals surface area contributed by atoms with Crippen LogP contribution in [0.1, 0.15) is 92.4 Å². The highest BCUT2D eigenvalue weighted by molar-refractivity contribution is 5.69. The minimum absolute atomic E-state index is 0.0570. The lowest BCUT2D eigenvalue weighted by Crippen LogP contribution is -2.60. The molecule has 0 spiro atoms. The molecule has 1 saturated heterocycles. The number of piperidine rings is 1. The van der Waals surface area contributed by atoms with Gasteiger partial charge in [0.05, 0.1) is 6.10 Å². The molecule has 8 atom stereocenters. The molecule has 1 aliphatic heterocycles. The van der Waals surface area contributed by atoms with Gasteiger partial charge in [0, 0.05) is 6.42 Å². The normalized spacial score (nSPS) is 45.9. The molecule has 0 aromatic heterocycles. The maximum absolute atomic E-state index is 12.1. The average molecular weight is 420 g/mol. The van der Waals surface area contributed by atoms with Gasteiger partial charge in [0.2, 0.25) is 0 Å². The van der Waals surface area contributed by atoms with Crippen LogP contribution in [0.3, 0.4) is 0 Å². The third-order valence-corrected chi connectivity index (χ3v) is 9.86. The molecule has 3 aliphatic carbocycles. The van der Waals surface area contributed by atoms with Gasteiger partial charge in [-0.1, -0.05) is 13.8 Å². The molecule has 4 aliphatic rings. The lowest BCUT2D eigenvalue weighted by Gasteiger charge is -2.62. The van der Waals surface area contributed by atoms with Crippen LogP contribution in [0, 0.1) is 40.4 Å². The van der Waals surface area contributed by atoms with Gasteiger partial charge >= 0.3 is 5.97 Å². The van der Waals surface area contributed by atoms with Crippen LogP contribution < -0.4 is 5.32 Å². The molecule has 0 radical (unpaired) electrons. The van der Waals surface area contributed by atoms with Crippen LogP contribution >= 0.6 is 0 Å². The number of ether oxygens (including phenoxy) is 1. The maximum atomic E-state index is 12.1. The van der Waals surface area contributed by atoms with Crippen molar-refractivity contribution < 1.29 is 14.6 Å². The van der Waals surface area contributed by atoms with E-state index >= 15 is 0 Å². The Kier molecular flexibility index (Phi) is 6.07. The number of fused-ring (bicyclic) bond motifs is 5. The quantitative estimate of drug-likeness (QED) is 0.634. The SMILES string of the molecule is CC(C)(C)OC(=O)CCCC1CCC2C3C(O)CC4CNCCC4(C)C3CCC12C. The van der Waals surface area contributed by atoms with E-state index in [-0.39, 0.29) is 17.7 Å². The van der Waals surface area contributed by atoms with Gasteiger partial charge in [0.25, 0.3) is 0 Å². The summed E-state index contributed by atoms with van der Waals surface area (Å²) in [6, 6.07) is 0. The molecule has 4 fully saturated rings. The van der Waals surface area contributed by atoms with Gasteiger partial charge in [0.15, 0.2) is 0 Å². The third kappa shape index (κ3) is 3.96.